The first kappa shape index (κ1) is 14.4. The fourth-order valence-electron chi connectivity index (χ4n) is 1.82. The summed E-state index contributed by atoms with van der Waals surface area (Å²) in [5.41, 5.74) is -0.133. The van der Waals surface area contributed by atoms with E-state index in [-0.39, 0.29) is 12.4 Å². The van der Waals surface area contributed by atoms with Crippen molar-refractivity contribution in [2.75, 3.05) is 5.32 Å². The van der Waals surface area contributed by atoms with E-state index in [1.54, 1.807) is 18.2 Å². The molecule has 2 rings (SSSR count). The second-order valence-corrected chi connectivity index (χ2v) is 4.24. The molecular weight excluding hydrogens is 279 g/mol. The summed E-state index contributed by atoms with van der Waals surface area (Å²) in [6, 6.07) is 9.78. The smallest absolute Gasteiger partial charge is 0.342 e. The van der Waals surface area contributed by atoms with Gasteiger partial charge >= 0.3 is 5.97 Å². The number of hydrogen-bond donors (Lipinski definition) is 2. The number of aromatic carboxylic acids is 1. The van der Waals surface area contributed by atoms with Gasteiger partial charge in [-0.1, -0.05) is 18.2 Å². The number of halogens is 1. The number of nitro benzene ring substituents is 1. The van der Waals surface area contributed by atoms with Gasteiger partial charge in [-0.2, -0.15) is 0 Å². The molecular formula is C14H11FN2O4. The molecule has 108 valence electrons. The number of nitrogens with one attached hydrogen (secondary N) is 1. The predicted octanol–water partition coefficient (Wildman–Crippen LogP) is 3.04. The minimum Gasteiger partial charge on any atom is -0.477 e. The van der Waals surface area contributed by atoms with E-state index >= 15 is 0 Å². The van der Waals surface area contributed by atoms with Gasteiger partial charge in [0.05, 0.1) is 4.92 Å². The van der Waals surface area contributed by atoms with Crippen LogP contribution in [0.15, 0.2) is 42.5 Å². The third-order valence-corrected chi connectivity index (χ3v) is 2.86. The molecule has 6 nitrogen and oxygen atoms in total. The van der Waals surface area contributed by atoms with Gasteiger partial charge in [0.2, 0.25) is 0 Å². The van der Waals surface area contributed by atoms with E-state index in [4.69, 9.17) is 5.11 Å². The monoisotopic (exact) mass is 290 g/mol. The number of carbonyl (C=O) groups is 1. The summed E-state index contributed by atoms with van der Waals surface area (Å²) in [4.78, 5) is 21.0. The summed E-state index contributed by atoms with van der Waals surface area (Å²) in [7, 11) is 0. The summed E-state index contributed by atoms with van der Waals surface area (Å²) >= 11 is 0. The Kier molecular flexibility index (Phi) is 4.13. The number of carboxylic acids is 1. The zero-order chi connectivity index (χ0) is 15.4. The third-order valence-electron chi connectivity index (χ3n) is 2.86. The maximum atomic E-state index is 13.4. The Bertz CT molecular complexity index is 703. The van der Waals surface area contributed by atoms with Crippen LogP contribution in [0, 0.1) is 15.9 Å². The van der Waals surface area contributed by atoms with E-state index in [0.29, 0.717) is 11.3 Å². The molecule has 2 aromatic carbocycles. The molecule has 2 aromatic rings. The van der Waals surface area contributed by atoms with Crippen molar-refractivity contribution in [3.63, 3.8) is 0 Å². The first-order chi connectivity index (χ1) is 9.99. The van der Waals surface area contributed by atoms with Gasteiger partial charge in [0.1, 0.15) is 11.4 Å². The molecule has 0 saturated carbocycles. The summed E-state index contributed by atoms with van der Waals surface area (Å²) < 4.78 is 13.4. The second kappa shape index (κ2) is 6.00. The van der Waals surface area contributed by atoms with Crippen molar-refractivity contribution in [2.24, 2.45) is 0 Å². The van der Waals surface area contributed by atoms with Gasteiger partial charge in [0.15, 0.2) is 0 Å². The number of rotatable bonds is 5. The highest BCUT2D eigenvalue weighted by molar-refractivity contribution is 5.93. The van der Waals surface area contributed by atoms with E-state index in [0.717, 1.165) is 12.1 Å². The highest BCUT2D eigenvalue weighted by Gasteiger charge is 2.19. The van der Waals surface area contributed by atoms with E-state index in [1.165, 1.54) is 12.1 Å². The van der Waals surface area contributed by atoms with Crippen molar-refractivity contribution in [3.05, 3.63) is 69.5 Å². The fraction of sp³-hybridized carbons (Fsp3) is 0.0714. The first-order valence-corrected chi connectivity index (χ1v) is 5.98. The molecule has 0 aliphatic heterocycles. The second-order valence-electron chi connectivity index (χ2n) is 4.24. The van der Waals surface area contributed by atoms with E-state index in [2.05, 4.69) is 5.32 Å². The summed E-state index contributed by atoms with van der Waals surface area (Å²) in [5.74, 6) is -1.78. The van der Waals surface area contributed by atoms with Crippen LogP contribution in [0.3, 0.4) is 0 Å². The lowest BCUT2D eigenvalue weighted by Crippen LogP contribution is -2.06. The molecule has 0 aliphatic rings. The summed E-state index contributed by atoms with van der Waals surface area (Å²) in [6.07, 6.45) is 0. The van der Waals surface area contributed by atoms with Crippen LogP contribution >= 0.6 is 0 Å². The van der Waals surface area contributed by atoms with E-state index < -0.39 is 22.1 Å². The van der Waals surface area contributed by atoms with Gasteiger partial charge < -0.3 is 10.4 Å². The first-order valence-electron chi connectivity index (χ1n) is 5.98. The van der Waals surface area contributed by atoms with E-state index in [1.807, 2.05) is 0 Å². The number of nitro groups is 1. The average molecular weight is 290 g/mol. The van der Waals surface area contributed by atoms with Crippen LogP contribution < -0.4 is 5.32 Å². The molecule has 21 heavy (non-hydrogen) atoms. The number of anilines is 1. The summed E-state index contributed by atoms with van der Waals surface area (Å²) in [6.45, 7) is 0.142. The molecule has 0 unspecified atom stereocenters. The quantitative estimate of drug-likeness (QED) is 0.652. The van der Waals surface area contributed by atoms with Crippen LogP contribution in [0.4, 0.5) is 15.8 Å². The van der Waals surface area contributed by atoms with Crippen LogP contribution in [0.2, 0.25) is 0 Å². The molecule has 0 atom stereocenters. The number of benzene rings is 2. The molecule has 0 radical (unpaired) electrons. The Morgan fingerprint density at radius 1 is 1.29 bits per heavy atom. The van der Waals surface area contributed by atoms with Gasteiger partial charge in [0.25, 0.3) is 5.69 Å². The lowest BCUT2D eigenvalue weighted by Gasteiger charge is -2.08. The molecule has 0 aromatic heterocycles. The van der Waals surface area contributed by atoms with Crippen LogP contribution in [0.25, 0.3) is 0 Å². The lowest BCUT2D eigenvalue weighted by atomic mass is 10.1. The van der Waals surface area contributed by atoms with E-state index in [9.17, 15) is 19.3 Å². The molecule has 0 heterocycles. The zero-order valence-corrected chi connectivity index (χ0v) is 10.7. The maximum absolute atomic E-state index is 13.4. The van der Waals surface area contributed by atoms with Crippen molar-refractivity contribution < 1.29 is 19.2 Å². The average Bonchev–Trinajstić information content (AvgIpc) is 2.46. The van der Waals surface area contributed by atoms with Gasteiger partial charge in [-0.15, -0.1) is 0 Å². The number of hydrogen-bond acceptors (Lipinski definition) is 4. The standard InChI is InChI=1S/C14H11FN2O4/c15-12-4-2-1-3-9(12)8-16-10-5-6-13(17(20)21)11(7-10)14(18)19/h1-7,16H,8H2,(H,18,19). The van der Waals surface area contributed by atoms with Crippen molar-refractivity contribution >= 4 is 17.3 Å². The molecule has 0 saturated heterocycles. The molecule has 0 bridgehead atoms. The number of nitrogens with zero attached hydrogens (tertiary/aromatic N) is 1. The molecule has 0 amide bonds. The highest BCUT2D eigenvalue weighted by atomic mass is 19.1. The zero-order valence-electron chi connectivity index (χ0n) is 10.7. The maximum Gasteiger partial charge on any atom is 0.342 e. The Morgan fingerprint density at radius 3 is 2.62 bits per heavy atom. The molecule has 0 fully saturated rings. The third kappa shape index (κ3) is 3.33. The highest BCUT2D eigenvalue weighted by Crippen LogP contribution is 2.23. The Balaban J connectivity index is 2.22. The Morgan fingerprint density at radius 2 is 2.00 bits per heavy atom. The van der Waals surface area contributed by atoms with Crippen LogP contribution in [0.1, 0.15) is 15.9 Å². The van der Waals surface area contributed by atoms with Crippen molar-refractivity contribution in [3.8, 4) is 0 Å². The Labute approximate surface area is 119 Å². The van der Waals surface area contributed by atoms with Gasteiger partial charge in [-0.3, -0.25) is 10.1 Å². The minimum atomic E-state index is -1.39. The SMILES string of the molecule is O=C(O)c1cc(NCc2ccccc2F)ccc1[N+](=O)[O-]. The summed E-state index contributed by atoms with van der Waals surface area (Å²) in [5, 5.41) is 22.5. The molecule has 0 aliphatic carbocycles. The van der Waals surface area contributed by atoms with Gasteiger partial charge in [-0.25, -0.2) is 9.18 Å². The number of carboxylic acid groups (broad SMARTS) is 1. The van der Waals surface area contributed by atoms with Gasteiger partial charge in [0, 0.05) is 23.9 Å². The van der Waals surface area contributed by atoms with Crippen molar-refractivity contribution in [1.29, 1.82) is 0 Å². The van der Waals surface area contributed by atoms with Crippen molar-refractivity contribution in [2.45, 2.75) is 6.54 Å². The molecule has 7 heteroatoms. The largest absolute Gasteiger partial charge is 0.477 e. The molecule has 2 N–H and O–H groups in total. The lowest BCUT2D eigenvalue weighted by molar-refractivity contribution is -0.385. The van der Waals surface area contributed by atoms with Crippen LogP contribution in [0.5, 0.6) is 0 Å². The Hall–Kier alpha value is -2.96. The van der Waals surface area contributed by atoms with Gasteiger partial charge in [-0.05, 0) is 18.2 Å². The van der Waals surface area contributed by atoms with Crippen molar-refractivity contribution in [1.82, 2.24) is 0 Å². The normalized spacial score (nSPS) is 10.1. The van der Waals surface area contributed by atoms with Crippen LogP contribution in [-0.4, -0.2) is 16.0 Å². The minimum absolute atomic E-state index is 0.142. The predicted molar refractivity (Wildman–Crippen MR) is 73.8 cm³/mol. The topological polar surface area (TPSA) is 92.5 Å². The fourth-order valence-corrected chi connectivity index (χ4v) is 1.82. The van der Waals surface area contributed by atoms with Crippen LogP contribution in [-0.2, 0) is 6.54 Å². The molecule has 0 spiro atoms.